The maximum absolute atomic E-state index is 13.2. The Labute approximate surface area is 262 Å². The Hall–Kier alpha value is -4.74. The molecule has 0 amide bonds. The lowest BCUT2D eigenvalue weighted by atomic mass is 9.84. The molecule has 1 unspecified atom stereocenters. The summed E-state index contributed by atoms with van der Waals surface area (Å²) in [5.74, 6) is 0.216. The predicted molar refractivity (Wildman–Crippen MR) is 169 cm³/mol. The van der Waals surface area contributed by atoms with Gasteiger partial charge in [0.25, 0.3) is 0 Å². The molecule has 1 atom stereocenters. The summed E-state index contributed by atoms with van der Waals surface area (Å²) in [7, 11) is -0.850. The monoisotopic (exact) mass is 626 g/mol. The zero-order chi connectivity index (χ0) is 31.7. The third kappa shape index (κ3) is 6.27. The van der Waals surface area contributed by atoms with Gasteiger partial charge in [-0.3, -0.25) is 4.79 Å². The van der Waals surface area contributed by atoms with Crippen molar-refractivity contribution >= 4 is 27.3 Å². The number of esters is 1. The fourth-order valence-corrected chi connectivity index (χ4v) is 6.80. The lowest BCUT2D eigenvalue weighted by Crippen LogP contribution is -2.37. The molecule has 0 radical (unpaired) electrons. The van der Waals surface area contributed by atoms with E-state index in [2.05, 4.69) is 10.3 Å². The quantitative estimate of drug-likeness (QED) is 0.197. The number of ether oxygens (including phenoxy) is 2. The number of nitrogens with zero attached hydrogens (tertiary/aromatic N) is 4. The minimum Gasteiger partial charge on any atom is -0.489 e. The topological polar surface area (TPSA) is 113 Å². The Kier molecular flexibility index (Phi) is 8.30. The average molecular weight is 627 g/mol. The van der Waals surface area contributed by atoms with E-state index < -0.39 is 10.3 Å². The Bertz CT molecular complexity index is 1990. The van der Waals surface area contributed by atoms with Gasteiger partial charge in [-0.2, -0.15) is 12.7 Å². The Morgan fingerprint density at radius 1 is 1.02 bits per heavy atom. The van der Waals surface area contributed by atoms with Gasteiger partial charge in [0.2, 0.25) is 0 Å². The lowest BCUT2D eigenvalue weighted by molar-refractivity contribution is -0.140. The number of methoxy groups -OCH3 is 1. The molecule has 0 N–H and O–H groups in total. The summed E-state index contributed by atoms with van der Waals surface area (Å²) in [6, 6.07) is 24.8. The van der Waals surface area contributed by atoms with Gasteiger partial charge in [0, 0.05) is 31.6 Å². The van der Waals surface area contributed by atoms with Gasteiger partial charge in [-0.25, -0.2) is 4.68 Å². The van der Waals surface area contributed by atoms with Crippen LogP contribution >= 0.6 is 0 Å². The summed E-state index contributed by atoms with van der Waals surface area (Å²) in [4.78, 5) is 12.6. The highest BCUT2D eigenvalue weighted by molar-refractivity contribution is 7.84. The van der Waals surface area contributed by atoms with E-state index in [1.165, 1.54) is 11.4 Å². The fourth-order valence-electron chi connectivity index (χ4n) is 5.71. The number of aryl methyl sites for hydroxylation is 3. The number of benzene rings is 4. The van der Waals surface area contributed by atoms with Gasteiger partial charge in [0.1, 0.15) is 23.6 Å². The van der Waals surface area contributed by atoms with Crippen molar-refractivity contribution in [1.82, 2.24) is 19.3 Å². The summed E-state index contributed by atoms with van der Waals surface area (Å²) in [5.41, 5.74) is 7.81. The molecule has 2 heterocycles. The second-order valence-electron chi connectivity index (χ2n) is 11.2. The highest BCUT2D eigenvalue weighted by Gasteiger charge is 2.33. The predicted octanol–water partition coefficient (Wildman–Crippen LogP) is 5.50. The highest BCUT2D eigenvalue weighted by Crippen LogP contribution is 2.36. The Morgan fingerprint density at radius 2 is 1.82 bits per heavy atom. The molecular formula is C34H34N4O6S. The molecule has 6 rings (SSSR count). The summed E-state index contributed by atoms with van der Waals surface area (Å²) >= 11 is 0. The molecule has 5 aromatic rings. The number of hydrogen-bond donors (Lipinski definition) is 0. The Balaban J connectivity index is 1.29. The zero-order valence-corrected chi connectivity index (χ0v) is 26.4. The van der Waals surface area contributed by atoms with E-state index in [-0.39, 0.29) is 37.1 Å². The molecule has 0 saturated heterocycles. The molecule has 1 aromatic heterocycles. The van der Waals surface area contributed by atoms with Crippen LogP contribution in [0.5, 0.6) is 11.5 Å². The average Bonchev–Trinajstić information content (AvgIpc) is 3.42. The molecule has 10 nitrogen and oxygen atoms in total. The van der Waals surface area contributed by atoms with Crippen LogP contribution in [0, 0.1) is 13.8 Å². The first kappa shape index (κ1) is 30.3. The second kappa shape index (κ2) is 12.3. The van der Waals surface area contributed by atoms with E-state index in [9.17, 15) is 13.2 Å². The van der Waals surface area contributed by atoms with Gasteiger partial charge >= 0.3 is 16.3 Å². The van der Waals surface area contributed by atoms with Crippen molar-refractivity contribution in [1.29, 1.82) is 0 Å². The molecule has 1 aliphatic rings. The van der Waals surface area contributed by atoms with Gasteiger partial charge in [0.15, 0.2) is 0 Å². The molecular weight excluding hydrogens is 592 g/mol. The Morgan fingerprint density at radius 3 is 2.60 bits per heavy atom. The van der Waals surface area contributed by atoms with E-state index in [4.69, 9.17) is 13.7 Å². The van der Waals surface area contributed by atoms with Crippen molar-refractivity contribution in [3.05, 3.63) is 118 Å². The number of carbonyl (C=O) groups is 1. The van der Waals surface area contributed by atoms with Crippen LogP contribution in [0.1, 0.15) is 51.3 Å². The van der Waals surface area contributed by atoms with E-state index in [0.29, 0.717) is 17.9 Å². The van der Waals surface area contributed by atoms with E-state index in [1.807, 2.05) is 87.6 Å². The van der Waals surface area contributed by atoms with Crippen molar-refractivity contribution in [2.75, 3.05) is 7.11 Å². The standard InChI is InChI=1S/C34H34N4O6S/c1-22-10-11-25(30(18-33(39)42-4)29-13-14-31-34(23(29)2)35-36-37(31)3)16-26(22)19-38-20-27-17-28(12-15-32(27)44-45(38,40)41)43-21-24-8-6-5-7-9-24/h5-17,30H,18-21H2,1-4H3. The second-order valence-corrected chi connectivity index (χ2v) is 12.8. The van der Waals surface area contributed by atoms with Crippen molar-refractivity contribution in [2.45, 2.75) is 45.9 Å². The first-order chi connectivity index (χ1) is 21.6. The summed E-state index contributed by atoms with van der Waals surface area (Å²) in [6.45, 7) is 4.51. The van der Waals surface area contributed by atoms with Crippen LogP contribution < -0.4 is 8.92 Å². The van der Waals surface area contributed by atoms with E-state index in [1.54, 1.807) is 16.8 Å². The van der Waals surface area contributed by atoms with Crippen molar-refractivity contribution in [2.24, 2.45) is 7.05 Å². The molecule has 0 fully saturated rings. The van der Waals surface area contributed by atoms with Crippen LogP contribution in [0.2, 0.25) is 0 Å². The molecule has 45 heavy (non-hydrogen) atoms. The van der Waals surface area contributed by atoms with Crippen molar-refractivity contribution < 1.29 is 26.9 Å². The van der Waals surface area contributed by atoms with Crippen LogP contribution in [-0.4, -0.2) is 40.8 Å². The largest absolute Gasteiger partial charge is 0.489 e. The first-order valence-electron chi connectivity index (χ1n) is 14.6. The fraction of sp³-hybridized carbons (Fsp3) is 0.265. The van der Waals surface area contributed by atoms with Crippen LogP contribution in [0.15, 0.2) is 78.9 Å². The molecule has 4 aromatic carbocycles. The van der Waals surface area contributed by atoms with Gasteiger partial charge in [-0.05, 0) is 71.5 Å². The van der Waals surface area contributed by atoms with Crippen LogP contribution in [-0.2, 0) is 46.6 Å². The number of fused-ring (bicyclic) bond motifs is 2. The van der Waals surface area contributed by atoms with Crippen LogP contribution in [0.25, 0.3) is 11.0 Å². The SMILES string of the molecule is COC(=O)CC(c1ccc(C)c(CN2Cc3cc(OCc4ccccc4)ccc3OS2(=O)=O)c1)c1ccc2c(nnn2C)c1C. The number of hydrogen-bond acceptors (Lipinski definition) is 8. The van der Waals surface area contributed by atoms with Gasteiger partial charge < -0.3 is 13.7 Å². The molecule has 0 saturated carbocycles. The maximum Gasteiger partial charge on any atom is 0.385 e. The molecule has 0 aliphatic carbocycles. The molecule has 0 spiro atoms. The van der Waals surface area contributed by atoms with Crippen LogP contribution in [0.4, 0.5) is 0 Å². The minimum absolute atomic E-state index is 0.0870. The third-order valence-corrected chi connectivity index (χ3v) is 9.59. The first-order valence-corrected chi connectivity index (χ1v) is 15.9. The molecule has 11 heteroatoms. The van der Waals surface area contributed by atoms with Gasteiger partial charge in [-0.1, -0.05) is 59.8 Å². The third-order valence-electron chi connectivity index (χ3n) is 8.31. The lowest BCUT2D eigenvalue weighted by Gasteiger charge is -2.29. The summed E-state index contributed by atoms with van der Waals surface area (Å²) in [6.07, 6.45) is 0.107. The molecule has 1 aliphatic heterocycles. The number of carbonyl (C=O) groups excluding carboxylic acids is 1. The summed E-state index contributed by atoms with van der Waals surface area (Å²) < 4.78 is 46.1. The minimum atomic E-state index is -4.06. The summed E-state index contributed by atoms with van der Waals surface area (Å²) in [5, 5.41) is 8.48. The van der Waals surface area contributed by atoms with Gasteiger partial charge in [0.05, 0.1) is 19.0 Å². The van der Waals surface area contributed by atoms with Crippen molar-refractivity contribution in [3.8, 4) is 11.5 Å². The maximum atomic E-state index is 13.2. The van der Waals surface area contributed by atoms with Crippen LogP contribution in [0.3, 0.4) is 0 Å². The van der Waals surface area contributed by atoms with Gasteiger partial charge in [-0.15, -0.1) is 5.10 Å². The molecule has 0 bridgehead atoms. The number of rotatable bonds is 9. The van der Waals surface area contributed by atoms with E-state index >= 15 is 0 Å². The smallest absolute Gasteiger partial charge is 0.385 e. The zero-order valence-electron chi connectivity index (χ0n) is 25.6. The molecule has 232 valence electrons. The normalized spacial score (nSPS) is 14.8. The van der Waals surface area contributed by atoms with E-state index in [0.717, 1.165) is 44.4 Å². The highest BCUT2D eigenvalue weighted by atomic mass is 32.2. The number of aromatic nitrogens is 3. The van der Waals surface area contributed by atoms with Crippen molar-refractivity contribution in [3.63, 3.8) is 0 Å².